The van der Waals surface area contributed by atoms with Gasteiger partial charge in [-0.15, -0.1) is 35.3 Å². The zero-order valence-electron chi connectivity index (χ0n) is 18.0. The highest BCUT2D eigenvalue weighted by Crippen LogP contribution is 2.33. The first-order valence-corrected chi connectivity index (χ1v) is 10.4. The normalized spacial score (nSPS) is 14.1. The van der Waals surface area contributed by atoms with Gasteiger partial charge in [-0.1, -0.05) is 20.8 Å². The lowest BCUT2D eigenvalue weighted by atomic mass is 9.93. The standard InChI is InChI=1S/C21H30N4O2S.HI/c1-21(2,3)18-13-28-19(24-18)11-23-20(22-4)25-8-7-14-9-16(26-5)17(27-6)10-15(14)12-25;/h9-10,13H,7-8,11-12H2,1-6H3,(H,22,23);1H. The second kappa shape index (κ2) is 9.97. The molecule has 29 heavy (non-hydrogen) atoms. The second-order valence-corrected chi connectivity index (χ2v) is 8.87. The van der Waals surface area contributed by atoms with Gasteiger partial charge in [0.25, 0.3) is 0 Å². The summed E-state index contributed by atoms with van der Waals surface area (Å²) in [5.74, 6) is 2.45. The summed E-state index contributed by atoms with van der Waals surface area (Å²) >= 11 is 1.70. The fourth-order valence-corrected chi connectivity index (χ4v) is 4.25. The number of hydrogen-bond acceptors (Lipinski definition) is 5. The molecule has 0 aliphatic carbocycles. The van der Waals surface area contributed by atoms with Crippen LogP contribution in [0.15, 0.2) is 22.5 Å². The predicted octanol–water partition coefficient (Wildman–Crippen LogP) is 4.21. The summed E-state index contributed by atoms with van der Waals surface area (Å²) in [6, 6.07) is 4.16. The first kappa shape index (κ1) is 23.7. The Morgan fingerprint density at radius 2 is 1.86 bits per heavy atom. The van der Waals surface area contributed by atoms with Crippen LogP contribution in [-0.4, -0.2) is 43.7 Å². The van der Waals surface area contributed by atoms with Crippen LogP contribution in [0.4, 0.5) is 0 Å². The summed E-state index contributed by atoms with van der Waals surface area (Å²) in [6.45, 7) is 8.95. The minimum atomic E-state index is 0. The van der Waals surface area contributed by atoms with Crippen molar-refractivity contribution in [1.29, 1.82) is 0 Å². The molecule has 160 valence electrons. The number of thiazole rings is 1. The number of halogens is 1. The van der Waals surface area contributed by atoms with Gasteiger partial charge in [-0.2, -0.15) is 0 Å². The molecule has 0 saturated heterocycles. The number of rotatable bonds is 4. The summed E-state index contributed by atoms with van der Waals surface area (Å²) in [4.78, 5) is 11.5. The molecule has 1 N–H and O–H groups in total. The van der Waals surface area contributed by atoms with E-state index in [9.17, 15) is 0 Å². The average Bonchev–Trinajstić information content (AvgIpc) is 3.16. The number of hydrogen-bond donors (Lipinski definition) is 1. The maximum atomic E-state index is 5.46. The van der Waals surface area contributed by atoms with E-state index in [1.807, 2.05) is 7.05 Å². The van der Waals surface area contributed by atoms with Gasteiger partial charge < -0.3 is 19.7 Å². The molecule has 2 aromatic rings. The van der Waals surface area contributed by atoms with Gasteiger partial charge in [0.05, 0.1) is 26.5 Å². The minimum absolute atomic E-state index is 0. The highest BCUT2D eigenvalue weighted by molar-refractivity contribution is 14.0. The lowest BCUT2D eigenvalue weighted by Crippen LogP contribution is -2.43. The van der Waals surface area contributed by atoms with Crippen LogP contribution in [0.2, 0.25) is 0 Å². The van der Waals surface area contributed by atoms with E-state index in [0.29, 0.717) is 6.54 Å². The third-order valence-electron chi connectivity index (χ3n) is 4.95. The molecule has 1 aromatic heterocycles. The summed E-state index contributed by atoms with van der Waals surface area (Å²) in [5.41, 5.74) is 3.76. The molecule has 0 saturated carbocycles. The number of methoxy groups -OCH3 is 2. The Bertz CT molecular complexity index is 861. The van der Waals surface area contributed by atoms with E-state index in [4.69, 9.17) is 14.5 Å². The van der Waals surface area contributed by atoms with Crippen molar-refractivity contribution in [3.8, 4) is 11.5 Å². The molecule has 0 fully saturated rings. The van der Waals surface area contributed by atoms with Crippen molar-refractivity contribution in [1.82, 2.24) is 15.2 Å². The van der Waals surface area contributed by atoms with Gasteiger partial charge in [0, 0.05) is 30.9 Å². The number of aliphatic imine (C=N–C) groups is 1. The molecule has 0 bridgehead atoms. The SMILES string of the molecule is CN=C(NCc1nc(C(C)(C)C)cs1)N1CCc2cc(OC)c(OC)cc2C1.I. The van der Waals surface area contributed by atoms with Crippen LogP contribution < -0.4 is 14.8 Å². The van der Waals surface area contributed by atoms with Crippen molar-refractivity contribution >= 4 is 41.3 Å². The molecule has 1 aliphatic rings. The fraction of sp³-hybridized carbons (Fsp3) is 0.524. The molecule has 3 rings (SSSR count). The van der Waals surface area contributed by atoms with Gasteiger partial charge in [-0.25, -0.2) is 4.98 Å². The molecule has 0 amide bonds. The van der Waals surface area contributed by atoms with E-state index in [1.165, 1.54) is 11.1 Å². The van der Waals surface area contributed by atoms with Gasteiger partial charge in [-0.3, -0.25) is 4.99 Å². The molecule has 0 radical (unpaired) electrons. The number of guanidine groups is 1. The Balaban J connectivity index is 0.00000300. The zero-order chi connectivity index (χ0) is 20.3. The lowest BCUT2D eigenvalue weighted by Gasteiger charge is -2.32. The van der Waals surface area contributed by atoms with Crippen molar-refractivity contribution in [2.75, 3.05) is 27.8 Å². The number of benzene rings is 1. The molecule has 0 atom stereocenters. The Labute approximate surface area is 194 Å². The average molecular weight is 530 g/mol. The van der Waals surface area contributed by atoms with Crippen molar-refractivity contribution in [2.45, 2.75) is 45.7 Å². The van der Waals surface area contributed by atoms with Gasteiger partial charge in [0.2, 0.25) is 0 Å². The smallest absolute Gasteiger partial charge is 0.194 e. The first-order valence-electron chi connectivity index (χ1n) is 9.50. The van der Waals surface area contributed by atoms with E-state index < -0.39 is 0 Å². The highest BCUT2D eigenvalue weighted by atomic mass is 127. The highest BCUT2D eigenvalue weighted by Gasteiger charge is 2.22. The number of aromatic nitrogens is 1. The van der Waals surface area contributed by atoms with Crippen molar-refractivity contribution < 1.29 is 9.47 Å². The predicted molar refractivity (Wildman–Crippen MR) is 130 cm³/mol. The van der Waals surface area contributed by atoms with E-state index in [0.717, 1.165) is 47.7 Å². The van der Waals surface area contributed by atoms with Gasteiger partial charge in [-0.05, 0) is 29.7 Å². The van der Waals surface area contributed by atoms with E-state index in [2.05, 4.69) is 53.5 Å². The summed E-state index contributed by atoms with van der Waals surface area (Å²) in [6.07, 6.45) is 0.946. The van der Waals surface area contributed by atoms with Crippen LogP contribution in [0.3, 0.4) is 0 Å². The lowest BCUT2D eigenvalue weighted by molar-refractivity contribution is 0.346. The molecule has 0 spiro atoms. The maximum absolute atomic E-state index is 5.46. The largest absolute Gasteiger partial charge is 0.493 e. The fourth-order valence-electron chi connectivity index (χ4n) is 3.29. The Kier molecular flexibility index (Phi) is 8.16. The number of fused-ring (bicyclic) bond motifs is 1. The Morgan fingerprint density at radius 3 is 2.41 bits per heavy atom. The van der Waals surface area contributed by atoms with Gasteiger partial charge >= 0.3 is 0 Å². The van der Waals surface area contributed by atoms with Gasteiger partial charge in [0.1, 0.15) is 5.01 Å². The van der Waals surface area contributed by atoms with E-state index in [-0.39, 0.29) is 29.4 Å². The summed E-state index contributed by atoms with van der Waals surface area (Å²) in [5, 5.41) is 6.70. The Hall–Kier alpha value is -1.55. The maximum Gasteiger partial charge on any atom is 0.194 e. The summed E-state index contributed by atoms with van der Waals surface area (Å²) in [7, 11) is 5.18. The zero-order valence-corrected chi connectivity index (χ0v) is 21.2. The van der Waals surface area contributed by atoms with Crippen molar-refractivity contribution in [3.05, 3.63) is 39.3 Å². The number of nitrogens with one attached hydrogen (secondary N) is 1. The monoisotopic (exact) mass is 530 g/mol. The van der Waals surface area contributed by atoms with E-state index in [1.54, 1.807) is 25.6 Å². The van der Waals surface area contributed by atoms with Gasteiger partial charge in [0.15, 0.2) is 17.5 Å². The van der Waals surface area contributed by atoms with Crippen LogP contribution in [0.1, 0.15) is 42.6 Å². The first-order chi connectivity index (χ1) is 13.4. The van der Waals surface area contributed by atoms with Crippen molar-refractivity contribution in [3.63, 3.8) is 0 Å². The third kappa shape index (κ3) is 5.53. The van der Waals surface area contributed by atoms with Crippen LogP contribution in [0, 0.1) is 0 Å². The molecular formula is C21H31IN4O2S. The molecule has 1 aromatic carbocycles. The van der Waals surface area contributed by atoms with Crippen LogP contribution in [0.5, 0.6) is 11.5 Å². The molecule has 6 nitrogen and oxygen atoms in total. The molecule has 0 unspecified atom stereocenters. The second-order valence-electron chi connectivity index (χ2n) is 7.92. The number of nitrogens with zero attached hydrogens (tertiary/aromatic N) is 3. The van der Waals surface area contributed by atoms with Crippen LogP contribution in [0.25, 0.3) is 0 Å². The van der Waals surface area contributed by atoms with Crippen LogP contribution >= 0.6 is 35.3 Å². The molecular weight excluding hydrogens is 499 g/mol. The summed E-state index contributed by atoms with van der Waals surface area (Å²) < 4.78 is 10.9. The van der Waals surface area contributed by atoms with Crippen LogP contribution in [-0.2, 0) is 24.9 Å². The quantitative estimate of drug-likeness (QED) is 0.365. The third-order valence-corrected chi connectivity index (χ3v) is 5.80. The molecule has 2 heterocycles. The Morgan fingerprint density at radius 1 is 1.21 bits per heavy atom. The minimum Gasteiger partial charge on any atom is -0.493 e. The van der Waals surface area contributed by atoms with Crippen molar-refractivity contribution in [2.24, 2.45) is 4.99 Å². The molecule has 1 aliphatic heterocycles. The topological polar surface area (TPSA) is 59.0 Å². The van der Waals surface area contributed by atoms with E-state index >= 15 is 0 Å². The molecule has 8 heteroatoms. The number of ether oxygens (including phenoxy) is 2.